The molecule has 3 aromatic carbocycles. The standard InChI is InChI=1S/C26H30O2/c1-15-11-22(12-16(2)26(15)28)14-25-19(5)17(3)24(18(4)20(25)6)13-21-7-9-23(27)10-8-21/h7-12,27-28H,13-14H2,1-6H3. The van der Waals surface area contributed by atoms with Crippen molar-refractivity contribution in [2.75, 3.05) is 0 Å². The molecule has 0 saturated carbocycles. The first-order valence-electron chi connectivity index (χ1n) is 9.84. The van der Waals surface area contributed by atoms with E-state index in [2.05, 4.69) is 39.8 Å². The number of phenols is 2. The molecule has 0 saturated heterocycles. The van der Waals surface area contributed by atoms with Gasteiger partial charge < -0.3 is 10.2 Å². The van der Waals surface area contributed by atoms with Crippen molar-refractivity contribution in [1.82, 2.24) is 0 Å². The molecule has 2 N–H and O–H groups in total. The number of hydrogen-bond acceptors (Lipinski definition) is 2. The highest BCUT2D eigenvalue weighted by Crippen LogP contribution is 2.32. The molecule has 3 aromatic rings. The lowest BCUT2D eigenvalue weighted by Gasteiger charge is -2.21. The summed E-state index contributed by atoms with van der Waals surface area (Å²) in [5.41, 5.74) is 12.5. The zero-order valence-corrected chi connectivity index (χ0v) is 17.8. The highest BCUT2D eigenvalue weighted by molar-refractivity contribution is 5.54. The molecule has 0 amide bonds. The largest absolute Gasteiger partial charge is 0.508 e. The second-order valence-electron chi connectivity index (χ2n) is 8.06. The Hall–Kier alpha value is -2.74. The molecule has 0 radical (unpaired) electrons. The quantitative estimate of drug-likeness (QED) is 0.577. The van der Waals surface area contributed by atoms with Crippen molar-refractivity contribution >= 4 is 0 Å². The first-order valence-corrected chi connectivity index (χ1v) is 9.84. The van der Waals surface area contributed by atoms with Crippen LogP contribution in [0.1, 0.15) is 55.6 Å². The number of benzene rings is 3. The monoisotopic (exact) mass is 374 g/mol. The van der Waals surface area contributed by atoms with Gasteiger partial charge in [-0.2, -0.15) is 0 Å². The maximum Gasteiger partial charge on any atom is 0.121 e. The van der Waals surface area contributed by atoms with Gasteiger partial charge >= 0.3 is 0 Å². The lowest BCUT2D eigenvalue weighted by atomic mass is 9.84. The van der Waals surface area contributed by atoms with Crippen LogP contribution in [0.4, 0.5) is 0 Å². The lowest BCUT2D eigenvalue weighted by Crippen LogP contribution is -2.07. The zero-order valence-electron chi connectivity index (χ0n) is 17.8. The molecule has 0 heterocycles. The van der Waals surface area contributed by atoms with Gasteiger partial charge in [0.1, 0.15) is 11.5 Å². The molecule has 0 aliphatic rings. The van der Waals surface area contributed by atoms with Gasteiger partial charge in [-0.3, -0.25) is 0 Å². The van der Waals surface area contributed by atoms with E-state index in [0.717, 1.165) is 24.0 Å². The van der Waals surface area contributed by atoms with E-state index in [1.165, 1.54) is 44.5 Å². The predicted molar refractivity (Wildman–Crippen MR) is 117 cm³/mol. The average molecular weight is 375 g/mol. The molecule has 0 bridgehead atoms. The molecule has 0 aliphatic carbocycles. The van der Waals surface area contributed by atoms with Crippen molar-refractivity contribution in [2.24, 2.45) is 0 Å². The molecule has 28 heavy (non-hydrogen) atoms. The molecular formula is C26H30O2. The molecule has 0 atom stereocenters. The van der Waals surface area contributed by atoms with Crippen molar-refractivity contribution in [3.05, 3.63) is 92.0 Å². The average Bonchev–Trinajstić information content (AvgIpc) is 2.66. The van der Waals surface area contributed by atoms with Gasteiger partial charge in [0.25, 0.3) is 0 Å². The number of phenolic OH excluding ortho intramolecular Hbond substituents is 2. The summed E-state index contributed by atoms with van der Waals surface area (Å²) in [5.74, 6) is 0.702. The Labute approximate surface area is 168 Å². The van der Waals surface area contributed by atoms with Crippen LogP contribution in [0.3, 0.4) is 0 Å². The van der Waals surface area contributed by atoms with Gasteiger partial charge in [-0.25, -0.2) is 0 Å². The van der Waals surface area contributed by atoms with Gasteiger partial charge in [0, 0.05) is 0 Å². The van der Waals surface area contributed by atoms with Crippen LogP contribution in [0, 0.1) is 41.5 Å². The summed E-state index contributed by atoms with van der Waals surface area (Å²) >= 11 is 0. The van der Waals surface area contributed by atoms with Crippen molar-refractivity contribution in [2.45, 2.75) is 54.4 Å². The van der Waals surface area contributed by atoms with E-state index in [4.69, 9.17) is 0 Å². The third-order valence-electron chi connectivity index (χ3n) is 6.18. The summed E-state index contributed by atoms with van der Waals surface area (Å²) in [6, 6.07) is 11.7. The fourth-order valence-electron chi connectivity index (χ4n) is 4.17. The second-order valence-corrected chi connectivity index (χ2v) is 8.06. The third-order valence-corrected chi connectivity index (χ3v) is 6.18. The first-order chi connectivity index (χ1) is 13.2. The van der Waals surface area contributed by atoms with Gasteiger partial charge in [0.05, 0.1) is 0 Å². The van der Waals surface area contributed by atoms with Crippen molar-refractivity contribution in [1.29, 1.82) is 0 Å². The van der Waals surface area contributed by atoms with Gasteiger partial charge in [-0.1, -0.05) is 24.3 Å². The summed E-state index contributed by atoms with van der Waals surface area (Å²) in [5, 5.41) is 19.6. The molecule has 0 unspecified atom stereocenters. The number of rotatable bonds is 4. The van der Waals surface area contributed by atoms with Crippen LogP contribution in [-0.4, -0.2) is 10.2 Å². The highest BCUT2D eigenvalue weighted by atomic mass is 16.3. The zero-order chi connectivity index (χ0) is 20.6. The minimum absolute atomic E-state index is 0.305. The topological polar surface area (TPSA) is 40.5 Å². The Morgan fingerprint density at radius 2 is 0.964 bits per heavy atom. The van der Waals surface area contributed by atoms with Crippen molar-refractivity contribution in [3.63, 3.8) is 0 Å². The SMILES string of the molecule is Cc1cc(Cc2c(C)c(C)c(Cc3ccc(O)cc3)c(C)c2C)cc(C)c1O. The normalized spacial score (nSPS) is 11.1. The highest BCUT2D eigenvalue weighted by Gasteiger charge is 2.16. The lowest BCUT2D eigenvalue weighted by molar-refractivity contribution is 0.466. The molecular weight excluding hydrogens is 344 g/mol. The Kier molecular flexibility index (Phi) is 5.51. The Morgan fingerprint density at radius 3 is 1.39 bits per heavy atom. The summed E-state index contributed by atoms with van der Waals surface area (Å²) < 4.78 is 0. The van der Waals surface area contributed by atoms with Crippen LogP contribution in [0.2, 0.25) is 0 Å². The van der Waals surface area contributed by atoms with Crippen LogP contribution >= 0.6 is 0 Å². The number of aromatic hydroxyl groups is 2. The molecule has 0 aliphatic heterocycles. The van der Waals surface area contributed by atoms with E-state index in [9.17, 15) is 10.2 Å². The van der Waals surface area contributed by atoms with Gasteiger partial charge in [-0.05, 0) is 122 Å². The van der Waals surface area contributed by atoms with Crippen LogP contribution in [0.15, 0.2) is 36.4 Å². The molecule has 3 rings (SSSR count). The van der Waals surface area contributed by atoms with Gasteiger partial charge in [-0.15, -0.1) is 0 Å². The first kappa shape index (κ1) is 20.0. The molecule has 0 spiro atoms. The summed E-state index contributed by atoms with van der Waals surface area (Å²) in [6.07, 6.45) is 1.75. The number of hydrogen-bond donors (Lipinski definition) is 2. The second kappa shape index (κ2) is 7.71. The summed E-state index contributed by atoms with van der Waals surface area (Å²) in [7, 11) is 0. The van der Waals surface area contributed by atoms with E-state index in [-0.39, 0.29) is 0 Å². The van der Waals surface area contributed by atoms with Crippen LogP contribution in [0.25, 0.3) is 0 Å². The van der Waals surface area contributed by atoms with E-state index in [1.54, 1.807) is 12.1 Å². The molecule has 0 aromatic heterocycles. The van der Waals surface area contributed by atoms with Gasteiger partial charge in [0.15, 0.2) is 0 Å². The Morgan fingerprint density at radius 1 is 0.571 bits per heavy atom. The van der Waals surface area contributed by atoms with Crippen LogP contribution in [-0.2, 0) is 12.8 Å². The summed E-state index contributed by atoms with van der Waals surface area (Å²) in [4.78, 5) is 0. The minimum Gasteiger partial charge on any atom is -0.508 e. The molecule has 2 nitrogen and oxygen atoms in total. The van der Waals surface area contributed by atoms with Crippen LogP contribution in [0.5, 0.6) is 11.5 Å². The van der Waals surface area contributed by atoms with Gasteiger partial charge in [0.2, 0.25) is 0 Å². The molecule has 0 fully saturated rings. The Bertz CT molecular complexity index is 975. The maximum absolute atomic E-state index is 10.1. The fraction of sp³-hybridized carbons (Fsp3) is 0.308. The minimum atomic E-state index is 0.305. The smallest absolute Gasteiger partial charge is 0.121 e. The summed E-state index contributed by atoms with van der Waals surface area (Å²) in [6.45, 7) is 12.8. The van der Waals surface area contributed by atoms with E-state index >= 15 is 0 Å². The van der Waals surface area contributed by atoms with E-state index in [0.29, 0.717) is 11.5 Å². The molecule has 2 heteroatoms. The maximum atomic E-state index is 10.1. The molecule has 146 valence electrons. The Balaban J connectivity index is 2.01. The third kappa shape index (κ3) is 3.77. The van der Waals surface area contributed by atoms with Crippen molar-refractivity contribution in [3.8, 4) is 11.5 Å². The fourth-order valence-corrected chi connectivity index (χ4v) is 4.17. The van der Waals surface area contributed by atoms with E-state index < -0.39 is 0 Å². The van der Waals surface area contributed by atoms with Crippen molar-refractivity contribution < 1.29 is 10.2 Å². The number of aryl methyl sites for hydroxylation is 2. The predicted octanol–water partition coefficient (Wildman–Crippen LogP) is 6.13. The van der Waals surface area contributed by atoms with Crippen LogP contribution < -0.4 is 0 Å². The van der Waals surface area contributed by atoms with E-state index in [1.807, 2.05) is 26.0 Å².